The van der Waals surface area contributed by atoms with Gasteiger partial charge in [-0.05, 0) is 25.1 Å². The summed E-state index contributed by atoms with van der Waals surface area (Å²) in [6.07, 6.45) is 1.54. The van der Waals surface area contributed by atoms with Gasteiger partial charge in [0, 0.05) is 17.8 Å². The molecule has 2 aromatic heterocycles. The molecule has 0 spiro atoms. The Balaban J connectivity index is 1.81. The summed E-state index contributed by atoms with van der Waals surface area (Å²) in [5.41, 5.74) is 1.90. The Hall–Kier alpha value is -3.22. The molecule has 3 aromatic rings. The first kappa shape index (κ1) is 14.7. The number of amides is 1. The van der Waals surface area contributed by atoms with Gasteiger partial charge in [0.05, 0.1) is 12.8 Å². The number of anilines is 1. The summed E-state index contributed by atoms with van der Waals surface area (Å²) in [5.74, 6) is 1.33. The summed E-state index contributed by atoms with van der Waals surface area (Å²) in [4.78, 5) is 20.2. The van der Waals surface area contributed by atoms with E-state index in [1.54, 1.807) is 32.4 Å². The Labute approximate surface area is 132 Å². The Kier molecular flexibility index (Phi) is 4.01. The van der Waals surface area contributed by atoms with Crippen LogP contribution in [0.15, 0.2) is 42.6 Å². The summed E-state index contributed by atoms with van der Waals surface area (Å²) < 4.78 is 5.32. The van der Waals surface area contributed by atoms with Crippen molar-refractivity contribution >= 4 is 11.7 Å². The Morgan fingerprint density at radius 3 is 2.87 bits per heavy atom. The molecule has 0 bridgehead atoms. The number of carbonyl (C=O) groups is 1. The number of nitrogens with one attached hydrogen (secondary N) is 2. The second kappa shape index (κ2) is 6.27. The molecular formula is C16H15N5O2. The predicted molar refractivity (Wildman–Crippen MR) is 85.3 cm³/mol. The summed E-state index contributed by atoms with van der Waals surface area (Å²) in [6, 6.07) is 10.9. The first-order valence-electron chi connectivity index (χ1n) is 6.97. The Morgan fingerprint density at radius 2 is 2.09 bits per heavy atom. The summed E-state index contributed by atoms with van der Waals surface area (Å²) in [7, 11) is 1.61. The largest absolute Gasteiger partial charge is 0.496 e. The minimum absolute atomic E-state index is 0.291. The van der Waals surface area contributed by atoms with Crippen molar-refractivity contribution in [3.8, 4) is 17.0 Å². The molecule has 0 aliphatic heterocycles. The number of hydrogen-bond donors (Lipinski definition) is 2. The molecule has 3 rings (SSSR count). The average molecular weight is 309 g/mol. The van der Waals surface area contributed by atoms with Crippen molar-refractivity contribution in [3.05, 3.63) is 54.1 Å². The number of carbonyl (C=O) groups excluding carboxylic acids is 1. The van der Waals surface area contributed by atoms with Gasteiger partial charge >= 0.3 is 0 Å². The standard InChI is InChI=1S/C16H15N5O2/c1-10-17-8-7-12(18-10)16(22)19-15-9-13(20-21-15)11-5-3-4-6-14(11)23-2/h3-9H,1-2H3,(H2,19,20,21,22). The number of aromatic amines is 1. The van der Waals surface area contributed by atoms with E-state index in [-0.39, 0.29) is 5.91 Å². The average Bonchev–Trinajstić information content (AvgIpc) is 3.03. The molecule has 2 N–H and O–H groups in total. The summed E-state index contributed by atoms with van der Waals surface area (Å²) >= 11 is 0. The van der Waals surface area contributed by atoms with E-state index in [4.69, 9.17) is 4.74 Å². The topological polar surface area (TPSA) is 92.8 Å². The first-order valence-corrected chi connectivity index (χ1v) is 6.97. The fourth-order valence-electron chi connectivity index (χ4n) is 2.15. The molecule has 0 aliphatic carbocycles. The van der Waals surface area contributed by atoms with Crippen molar-refractivity contribution in [2.24, 2.45) is 0 Å². The molecule has 7 nitrogen and oxygen atoms in total. The van der Waals surface area contributed by atoms with E-state index in [1.165, 1.54) is 0 Å². The van der Waals surface area contributed by atoms with E-state index in [2.05, 4.69) is 25.5 Å². The van der Waals surface area contributed by atoms with Gasteiger partial charge in [-0.2, -0.15) is 5.10 Å². The molecule has 2 heterocycles. The molecule has 116 valence electrons. The summed E-state index contributed by atoms with van der Waals surface area (Å²) in [6.45, 7) is 1.73. The molecule has 0 radical (unpaired) electrons. The quantitative estimate of drug-likeness (QED) is 0.772. The molecule has 1 aromatic carbocycles. The minimum Gasteiger partial charge on any atom is -0.496 e. The van der Waals surface area contributed by atoms with Crippen LogP contribution in [0.1, 0.15) is 16.3 Å². The number of aromatic nitrogens is 4. The van der Waals surface area contributed by atoms with Crippen molar-refractivity contribution in [3.63, 3.8) is 0 Å². The zero-order chi connectivity index (χ0) is 16.2. The molecule has 0 aliphatic rings. The van der Waals surface area contributed by atoms with Crippen molar-refractivity contribution in [1.29, 1.82) is 0 Å². The van der Waals surface area contributed by atoms with Crippen LogP contribution in [0.2, 0.25) is 0 Å². The van der Waals surface area contributed by atoms with Gasteiger partial charge in [-0.3, -0.25) is 9.89 Å². The van der Waals surface area contributed by atoms with Gasteiger partial charge in [0.2, 0.25) is 0 Å². The fourth-order valence-corrected chi connectivity index (χ4v) is 2.15. The van der Waals surface area contributed by atoms with Crippen LogP contribution in [0.25, 0.3) is 11.3 Å². The second-order valence-electron chi connectivity index (χ2n) is 4.81. The summed E-state index contributed by atoms with van der Waals surface area (Å²) in [5, 5.41) is 9.69. The highest BCUT2D eigenvalue weighted by molar-refractivity contribution is 6.02. The van der Waals surface area contributed by atoms with Gasteiger partial charge in [0.25, 0.3) is 5.91 Å². The van der Waals surface area contributed by atoms with E-state index in [0.29, 0.717) is 17.3 Å². The normalized spacial score (nSPS) is 10.3. The van der Waals surface area contributed by atoms with Crippen LogP contribution in [0.5, 0.6) is 5.75 Å². The maximum absolute atomic E-state index is 12.2. The van der Waals surface area contributed by atoms with Crippen molar-refractivity contribution in [2.75, 3.05) is 12.4 Å². The third-order valence-electron chi connectivity index (χ3n) is 3.23. The van der Waals surface area contributed by atoms with Crippen LogP contribution in [-0.4, -0.2) is 33.2 Å². The lowest BCUT2D eigenvalue weighted by atomic mass is 10.1. The highest BCUT2D eigenvalue weighted by Crippen LogP contribution is 2.29. The zero-order valence-corrected chi connectivity index (χ0v) is 12.7. The lowest BCUT2D eigenvalue weighted by Crippen LogP contribution is -2.14. The number of para-hydroxylation sites is 1. The highest BCUT2D eigenvalue weighted by Gasteiger charge is 2.12. The smallest absolute Gasteiger partial charge is 0.275 e. The number of methoxy groups -OCH3 is 1. The molecule has 7 heteroatoms. The van der Waals surface area contributed by atoms with E-state index < -0.39 is 0 Å². The predicted octanol–water partition coefficient (Wildman–Crippen LogP) is 2.44. The first-order chi connectivity index (χ1) is 11.2. The van der Waals surface area contributed by atoms with E-state index >= 15 is 0 Å². The SMILES string of the molecule is COc1ccccc1-c1cc(NC(=O)c2ccnc(C)n2)n[nH]1. The van der Waals surface area contributed by atoms with Crippen molar-refractivity contribution in [1.82, 2.24) is 20.2 Å². The van der Waals surface area contributed by atoms with Gasteiger partial charge in [-0.15, -0.1) is 0 Å². The lowest BCUT2D eigenvalue weighted by molar-refractivity contribution is 0.102. The number of ether oxygens (including phenoxy) is 1. The van der Waals surface area contributed by atoms with Crippen LogP contribution in [0.4, 0.5) is 5.82 Å². The molecule has 0 atom stereocenters. The maximum Gasteiger partial charge on any atom is 0.275 e. The fraction of sp³-hybridized carbons (Fsp3) is 0.125. The minimum atomic E-state index is -0.339. The number of benzene rings is 1. The third-order valence-corrected chi connectivity index (χ3v) is 3.23. The third kappa shape index (κ3) is 3.18. The molecule has 0 saturated carbocycles. The van der Waals surface area contributed by atoms with Crippen LogP contribution < -0.4 is 10.1 Å². The molecule has 0 saturated heterocycles. The number of nitrogens with zero attached hydrogens (tertiary/aromatic N) is 3. The number of hydrogen-bond acceptors (Lipinski definition) is 5. The van der Waals surface area contributed by atoms with Gasteiger partial charge in [0.1, 0.15) is 17.3 Å². The van der Waals surface area contributed by atoms with Crippen LogP contribution in [0.3, 0.4) is 0 Å². The number of rotatable bonds is 4. The molecular weight excluding hydrogens is 294 g/mol. The van der Waals surface area contributed by atoms with Gasteiger partial charge in [0.15, 0.2) is 5.82 Å². The molecule has 0 fully saturated rings. The Bertz CT molecular complexity index is 844. The monoisotopic (exact) mass is 309 g/mol. The van der Waals surface area contributed by atoms with Gasteiger partial charge < -0.3 is 10.1 Å². The Morgan fingerprint density at radius 1 is 1.26 bits per heavy atom. The number of H-pyrrole nitrogens is 1. The lowest BCUT2D eigenvalue weighted by Gasteiger charge is -2.05. The highest BCUT2D eigenvalue weighted by atomic mass is 16.5. The van der Waals surface area contributed by atoms with Gasteiger partial charge in [-0.25, -0.2) is 9.97 Å². The van der Waals surface area contributed by atoms with Crippen LogP contribution >= 0.6 is 0 Å². The van der Waals surface area contributed by atoms with Crippen LogP contribution in [-0.2, 0) is 0 Å². The van der Waals surface area contributed by atoms with Crippen LogP contribution in [0, 0.1) is 6.92 Å². The van der Waals surface area contributed by atoms with E-state index in [9.17, 15) is 4.79 Å². The zero-order valence-electron chi connectivity index (χ0n) is 12.7. The van der Waals surface area contributed by atoms with E-state index in [1.807, 2.05) is 24.3 Å². The number of aryl methyl sites for hydroxylation is 1. The van der Waals surface area contributed by atoms with Crippen molar-refractivity contribution in [2.45, 2.75) is 6.92 Å². The van der Waals surface area contributed by atoms with E-state index in [0.717, 1.165) is 17.0 Å². The maximum atomic E-state index is 12.2. The second-order valence-corrected chi connectivity index (χ2v) is 4.81. The molecule has 23 heavy (non-hydrogen) atoms. The molecule has 1 amide bonds. The molecule has 0 unspecified atom stereocenters. The van der Waals surface area contributed by atoms with Crippen molar-refractivity contribution < 1.29 is 9.53 Å². The van der Waals surface area contributed by atoms with Gasteiger partial charge in [-0.1, -0.05) is 12.1 Å².